The van der Waals surface area contributed by atoms with E-state index in [-0.39, 0.29) is 42.3 Å². The Morgan fingerprint density at radius 3 is 2.46 bits per heavy atom. The van der Waals surface area contributed by atoms with Crippen LogP contribution in [-0.4, -0.2) is 81.0 Å². The van der Waals surface area contributed by atoms with Gasteiger partial charge in [-0.3, -0.25) is 9.59 Å². The number of aliphatic hydroxyl groups excluding tert-OH is 1. The van der Waals surface area contributed by atoms with Gasteiger partial charge in [0.1, 0.15) is 5.76 Å². The maximum atomic E-state index is 13.0. The minimum absolute atomic E-state index is 0.0582. The minimum Gasteiger partial charge on any atom is -0.507 e. The van der Waals surface area contributed by atoms with Crippen molar-refractivity contribution >= 4 is 39.1 Å². The number of carbonyl (C=O) groups excluding carboxylic acids is 2. The molecule has 0 radical (unpaired) electrons. The Hall–Kier alpha value is -2.76. The number of sulfonamides is 1. The van der Waals surface area contributed by atoms with Crippen molar-refractivity contribution in [3.05, 3.63) is 70.3 Å². The number of methoxy groups -OCH3 is 1. The second-order valence-electron chi connectivity index (χ2n) is 8.08. The molecule has 2 heterocycles. The Bertz CT molecular complexity index is 1250. The number of ether oxygens (including phenoxy) is 2. The molecule has 11 heteroatoms. The normalized spacial score (nSPS) is 21.0. The molecule has 1 N–H and O–H groups in total. The van der Waals surface area contributed by atoms with E-state index in [1.807, 2.05) is 0 Å². The molecule has 2 aromatic carbocycles. The lowest BCUT2D eigenvalue weighted by Crippen LogP contribution is -2.40. The van der Waals surface area contributed by atoms with Gasteiger partial charge in [0.2, 0.25) is 10.0 Å². The van der Waals surface area contributed by atoms with Gasteiger partial charge < -0.3 is 19.5 Å². The van der Waals surface area contributed by atoms with E-state index in [4.69, 9.17) is 21.1 Å². The van der Waals surface area contributed by atoms with Gasteiger partial charge in [0.25, 0.3) is 11.7 Å². The van der Waals surface area contributed by atoms with Crippen LogP contribution >= 0.6 is 11.6 Å². The zero-order valence-corrected chi connectivity index (χ0v) is 20.6. The van der Waals surface area contributed by atoms with Crippen molar-refractivity contribution in [2.45, 2.75) is 10.9 Å². The highest BCUT2D eigenvalue weighted by Gasteiger charge is 2.46. The Kier molecular flexibility index (Phi) is 7.58. The lowest BCUT2D eigenvalue weighted by atomic mass is 9.95. The first-order valence-corrected chi connectivity index (χ1v) is 12.8. The number of rotatable bonds is 7. The molecule has 1 atom stereocenters. The molecule has 0 spiro atoms. The summed E-state index contributed by atoms with van der Waals surface area (Å²) in [7, 11) is -2.24. The molecule has 0 bridgehead atoms. The number of amides is 1. The number of aliphatic hydroxyl groups is 1. The number of carbonyl (C=O) groups is 2. The Morgan fingerprint density at radius 1 is 1.14 bits per heavy atom. The largest absolute Gasteiger partial charge is 0.507 e. The summed E-state index contributed by atoms with van der Waals surface area (Å²) in [5.41, 5.74) is 0.667. The second-order valence-corrected chi connectivity index (χ2v) is 10.5. The van der Waals surface area contributed by atoms with Gasteiger partial charge in [-0.2, -0.15) is 4.31 Å². The van der Waals surface area contributed by atoms with Crippen molar-refractivity contribution in [2.24, 2.45) is 0 Å². The molecule has 4 rings (SSSR count). The summed E-state index contributed by atoms with van der Waals surface area (Å²) in [4.78, 5) is 27.2. The molecule has 2 saturated heterocycles. The number of halogens is 1. The van der Waals surface area contributed by atoms with Crippen molar-refractivity contribution in [1.82, 2.24) is 9.21 Å². The van der Waals surface area contributed by atoms with Gasteiger partial charge in [0.05, 0.1) is 36.3 Å². The SMILES string of the molecule is COCCN1C(=O)C(=O)C(=C(O)c2ccc(S(=O)(=O)N3CCOCC3)cc2)[C@H]1c1cccc(Cl)c1. The van der Waals surface area contributed by atoms with Crippen LogP contribution in [0.4, 0.5) is 0 Å². The van der Waals surface area contributed by atoms with E-state index >= 15 is 0 Å². The summed E-state index contributed by atoms with van der Waals surface area (Å²) >= 11 is 6.16. The van der Waals surface area contributed by atoms with E-state index in [2.05, 4.69) is 0 Å². The fourth-order valence-electron chi connectivity index (χ4n) is 4.20. The van der Waals surface area contributed by atoms with E-state index in [1.54, 1.807) is 24.3 Å². The van der Waals surface area contributed by atoms with E-state index < -0.39 is 33.5 Å². The van der Waals surface area contributed by atoms with Crippen LogP contribution in [0.5, 0.6) is 0 Å². The fraction of sp³-hybridized carbons (Fsp3) is 0.333. The highest BCUT2D eigenvalue weighted by atomic mass is 35.5. The number of hydrogen-bond donors (Lipinski definition) is 1. The summed E-state index contributed by atoms with van der Waals surface area (Å²) in [6.45, 7) is 1.49. The van der Waals surface area contributed by atoms with Crippen LogP contribution in [0, 0.1) is 0 Å². The topological polar surface area (TPSA) is 113 Å². The third-order valence-electron chi connectivity index (χ3n) is 5.98. The molecule has 9 nitrogen and oxygen atoms in total. The highest BCUT2D eigenvalue weighted by Crippen LogP contribution is 2.40. The van der Waals surface area contributed by atoms with Crippen molar-refractivity contribution in [3.63, 3.8) is 0 Å². The zero-order chi connectivity index (χ0) is 25.2. The molecule has 35 heavy (non-hydrogen) atoms. The third-order valence-corrected chi connectivity index (χ3v) is 8.12. The van der Waals surface area contributed by atoms with Gasteiger partial charge in [-0.1, -0.05) is 23.7 Å². The summed E-state index contributed by atoms with van der Waals surface area (Å²) in [5.74, 6) is -2.00. The number of morpholine rings is 1. The lowest BCUT2D eigenvalue weighted by Gasteiger charge is -2.26. The van der Waals surface area contributed by atoms with Crippen LogP contribution in [0.1, 0.15) is 17.2 Å². The third kappa shape index (κ3) is 4.98. The maximum absolute atomic E-state index is 13.0. The molecule has 1 amide bonds. The molecule has 0 aromatic heterocycles. The van der Waals surface area contributed by atoms with E-state index in [1.165, 1.54) is 40.6 Å². The van der Waals surface area contributed by atoms with E-state index in [0.29, 0.717) is 23.8 Å². The smallest absolute Gasteiger partial charge is 0.295 e. The molecule has 186 valence electrons. The van der Waals surface area contributed by atoms with E-state index in [9.17, 15) is 23.1 Å². The predicted octanol–water partition coefficient (Wildman–Crippen LogP) is 2.43. The Balaban J connectivity index is 1.74. The molecule has 2 aliphatic heterocycles. The van der Waals surface area contributed by atoms with E-state index in [0.717, 1.165) is 0 Å². The number of hydrogen-bond acceptors (Lipinski definition) is 7. The fourth-order valence-corrected chi connectivity index (χ4v) is 5.81. The van der Waals surface area contributed by atoms with Gasteiger partial charge in [0.15, 0.2) is 0 Å². The monoisotopic (exact) mass is 520 g/mol. The average Bonchev–Trinajstić information content (AvgIpc) is 3.12. The Labute approximate surface area is 208 Å². The molecule has 2 aromatic rings. The summed E-state index contributed by atoms with van der Waals surface area (Å²) in [6, 6.07) is 11.4. The lowest BCUT2D eigenvalue weighted by molar-refractivity contribution is -0.140. The van der Waals surface area contributed by atoms with Crippen molar-refractivity contribution < 1.29 is 32.6 Å². The van der Waals surface area contributed by atoms with Gasteiger partial charge in [-0.25, -0.2) is 8.42 Å². The average molecular weight is 521 g/mol. The maximum Gasteiger partial charge on any atom is 0.295 e. The van der Waals surface area contributed by atoms with Gasteiger partial charge >= 0.3 is 0 Å². The molecule has 2 fully saturated rings. The number of nitrogens with zero attached hydrogens (tertiary/aromatic N) is 2. The quantitative estimate of drug-likeness (QED) is 0.339. The molecule has 0 unspecified atom stereocenters. The van der Waals surface area contributed by atoms with Crippen LogP contribution in [0.3, 0.4) is 0 Å². The van der Waals surface area contributed by atoms with Crippen LogP contribution in [0.15, 0.2) is 59.0 Å². The minimum atomic E-state index is -3.72. The van der Waals surface area contributed by atoms with Gasteiger partial charge in [0, 0.05) is 37.3 Å². The zero-order valence-electron chi connectivity index (χ0n) is 19.0. The molecular weight excluding hydrogens is 496 g/mol. The number of Topliss-reactive ketones (excluding diaryl/α,β-unsaturated/α-hetero) is 1. The number of benzene rings is 2. The van der Waals surface area contributed by atoms with Crippen molar-refractivity contribution in [1.29, 1.82) is 0 Å². The van der Waals surface area contributed by atoms with Gasteiger partial charge in [-0.15, -0.1) is 0 Å². The Morgan fingerprint density at radius 2 is 1.83 bits per heavy atom. The summed E-state index contributed by atoms with van der Waals surface area (Å²) in [5, 5.41) is 11.5. The predicted molar refractivity (Wildman–Crippen MR) is 128 cm³/mol. The molecule has 0 aliphatic carbocycles. The van der Waals surface area contributed by atoms with Crippen LogP contribution in [0.25, 0.3) is 5.76 Å². The number of likely N-dealkylation sites (tertiary alicyclic amines) is 1. The summed E-state index contributed by atoms with van der Waals surface area (Å²) in [6.07, 6.45) is 0. The van der Waals surface area contributed by atoms with Crippen molar-refractivity contribution in [2.75, 3.05) is 46.6 Å². The molecule has 0 saturated carbocycles. The highest BCUT2D eigenvalue weighted by molar-refractivity contribution is 7.89. The summed E-state index contributed by atoms with van der Waals surface area (Å²) < 4.78 is 37.4. The van der Waals surface area contributed by atoms with Gasteiger partial charge in [-0.05, 0) is 42.0 Å². The molecular formula is C24H25ClN2O7S. The van der Waals surface area contributed by atoms with Crippen LogP contribution in [0.2, 0.25) is 5.02 Å². The first-order chi connectivity index (χ1) is 16.8. The molecule has 2 aliphatic rings. The van der Waals surface area contributed by atoms with Crippen molar-refractivity contribution in [3.8, 4) is 0 Å². The first kappa shape index (κ1) is 25.3. The van der Waals surface area contributed by atoms with Crippen LogP contribution < -0.4 is 0 Å². The number of ketones is 1. The standard InChI is InChI=1S/C24H25ClN2O7S/c1-33-12-11-27-21(17-3-2-4-18(25)15-17)20(23(29)24(27)30)22(28)16-5-7-19(8-6-16)35(31,32)26-9-13-34-14-10-26/h2-8,15,21,28H,9-14H2,1H3/t21-/m1/s1. The van der Waals surface area contributed by atoms with Crippen LogP contribution in [-0.2, 0) is 29.1 Å². The second kappa shape index (κ2) is 10.5. The first-order valence-electron chi connectivity index (χ1n) is 11.0.